The fraction of sp³-hybridized carbons (Fsp3) is 0.333. The van der Waals surface area contributed by atoms with E-state index in [9.17, 15) is 9.59 Å². The Kier molecular flexibility index (Phi) is 8.99. The molecule has 3 aromatic rings. The Hall–Kier alpha value is -2.55. The van der Waals surface area contributed by atoms with E-state index >= 15 is 0 Å². The maximum absolute atomic E-state index is 12.9. The number of hydrogen-bond donors (Lipinski definition) is 2. The molecule has 0 aliphatic rings. The number of benzene rings is 2. The summed E-state index contributed by atoms with van der Waals surface area (Å²) in [6, 6.07) is 12.0. The molecule has 0 unspecified atom stereocenters. The van der Waals surface area contributed by atoms with Crippen LogP contribution in [0.1, 0.15) is 48.6 Å². The highest BCUT2D eigenvalue weighted by Crippen LogP contribution is 2.27. The zero-order valence-electron chi connectivity index (χ0n) is 19.4. The van der Waals surface area contributed by atoms with Gasteiger partial charge in [0.25, 0.3) is 5.91 Å². The van der Waals surface area contributed by atoms with Crippen LogP contribution in [0.5, 0.6) is 0 Å². The van der Waals surface area contributed by atoms with Gasteiger partial charge in [-0.3, -0.25) is 9.59 Å². The minimum atomic E-state index is -0.337. The first-order valence-electron chi connectivity index (χ1n) is 10.9. The standard InChI is InChI=1S/C24H27Cl2N5O2S/c1-5-31-22(21(14(2)3)28-23(33)16-8-6-7-15(4)11-16)29-30-24(31)34-13-20(32)27-19-10-9-17(25)12-18(19)26/h6-12,14,21H,5,13H2,1-4H3,(H,27,32)(H,28,33)/t21-/m0/s1. The summed E-state index contributed by atoms with van der Waals surface area (Å²) in [7, 11) is 0. The van der Waals surface area contributed by atoms with Gasteiger partial charge in [-0.1, -0.05) is 66.5 Å². The van der Waals surface area contributed by atoms with Gasteiger partial charge in [0.15, 0.2) is 11.0 Å². The number of nitrogens with one attached hydrogen (secondary N) is 2. The lowest BCUT2D eigenvalue weighted by Crippen LogP contribution is -2.33. The number of aryl methyl sites for hydroxylation is 1. The van der Waals surface area contributed by atoms with Crippen LogP contribution in [-0.2, 0) is 11.3 Å². The van der Waals surface area contributed by atoms with Crippen molar-refractivity contribution in [1.29, 1.82) is 0 Å². The van der Waals surface area contributed by atoms with Gasteiger partial charge in [0.2, 0.25) is 5.91 Å². The average Bonchev–Trinajstić information content (AvgIpc) is 3.20. The number of hydrogen-bond acceptors (Lipinski definition) is 5. The van der Waals surface area contributed by atoms with Gasteiger partial charge in [0.1, 0.15) is 0 Å². The van der Waals surface area contributed by atoms with Crippen molar-refractivity contribution in [1.82, 2.24) is 20.1 Å². The summed E-state index contributed by atoms with van der Waals surface area (Å²) < 4.78 is 1.93. The minimum Gasteiger partial charge on any atom is -0.342 e. The lowest BCUT2D eigenvalue weighted by molar-refractivity contribution is -0.113. The van der Waals surface area contributed by atoms with Crippen molar-refractivity contribution in [2.24, 2.45) is 5.92 Å². The summed E-state index contributed by atoms with van der Waals surface area (Å²) in [6.07, 6.45) is 0. The van der Waals surface area contributed by atoms with E-state index in [1.165, 1.54) is 11.8 Å². The van der Waals surface area contributed by atoms with E-state index in [-0.39, 0.29) is 29.5 Å². The van der Waals surface area contributed by atoms with Crippen molar-refractivity contribution in [3.05, 3.63) is 69.5 Å². The molecule has 7 nitrogen and oxygen atoms in total. The molecule has 0 bridgehead atoms. The van der Waals surface area contributed by atoms with Gasteiger partial charge in [-0.2, -0.15) is 0 Å². The SMILES string of the molecule is CCn1c(SCC(=O)Nc2ccc(Cl)cc2Cl)nnc1[C@@H](NC(=O)c1cccc(C)c1)C(C)C. The van der Waals surface area contributed by atoms with Crippen molar-refractivity contribution in [2.75, 3.05) is 11.1 Å². The summed E-state index contributed by atoms with van der Waals surface area (Å²) in [5.41, 5.74) is 2.11. The third kappa shape index (κ3) is 6.52. The molecule has 34 heavy (non-hydrogen) atoms. The van der Waals surface area contributed by atoms with Crippen molar-refractivity contribution in [3.63, 3.8) is 0 Å². The summed E-state index contributed by atoms with van der Waals surface area (Å²) in [6.45, 7) is 8.56. The Bertz CT molecular complexity index is 1180. The maximum Gasteiger partial charge on any atom is 0.251 e. The molecule has 0 aliphatic carbocycles. The van der Waals surface area contributed by atoms with Crippen LogP contribution in [0.3, 0.4) is 0 Å². The zero-order chi connectivity index (χ0) is 24.8. The lowest BCUT2D eigenvalue weighted by atomic mass is 10.0. The molecule has 1 heterocycles. The van der Waals surface area contributed by atoms with Gasteiger partial charge in [0.05, 0.1) is 22.5 Å². The number of carbonyl (C=O) groups is 2. The number of carbonyl (C=O) groups excluding carboxylic acids is 2. The van der Waals surface area contributed by atoms with Crippen LogP contribution >= 0.6 is 35.0 Å². The molecule has 180 valence electrons. The molecular formula is C24H27Cl2N5O2S. The van der Waals surface area contributed by atoms with Gasteiger partial charge in [-0.25, -0.2) is 0 Å². The predicted molar refractivity (Wildman–Crippen MR) is 138 cm³/mol. The fourth-order valence-electron chi connectivity index (χ4n) is 3.38. The number of amides is 2. The number of aromatic nitrogens is 3. The highest BCUT2D eigenvalue weighted by atomic mass is 35.5. The van der Waals surface area contributed by atoms with Crippen molar-refractivity contribution in [2.45, 2.75) is 45.4 Å². The second-order valence-electron chi connectivity index (χ2n) is 8.11. The smallest absolute Gasteiger partial charge is 0.251 e. The molecule has 1 atom stereocenters. The Labute approximate surface area is 213 Å². The molecule has 3 rings (SSSR count). The monoisotopic (exact) mass is 519 g/mol. The van der Waals surface area contributed by atoms with E-state index in [1.54, 1.807) is 24.3 Å². The molecule has 1 aromatic heterocycles. The van der Waals surface area contributed by atoms with Crippen molar-refractivity contribution in [3.8, 4) is 0 Å². The summed E-state index contributed by atoms with van der Waals surface area (Å²) in [5.74, 6) is 0.466. The van der Waals surface area contributed by atoms with E-state index in [4.69, 9.17) is 23.2 Å². The van der Waals surface area contributed by atoms with E-state index in [0.717, 1.165) is 5.56 Å². The maximum atomic E-state index is 12.9. The molecule has 2 amide bonds. The van der Waals surface area contributed by atoms with E-state index < -0.39 is 0 Å². The number of nitrogens with zero attached hydrogens (tertiary/aromatic N) is 3. The molecule has 0 saturated heterocycles. The highest BCUT2D eigenvalue weighted by Gasteiger charge is 2.26. The molecule has 2 aromatic carbocycles. The molecular weight excluding hydrogens is 493 g/mol. The average molecular weight is 520 g/mol. The third-order valence-electron chi connectivity index (χ3n) is 5.11. The van der Waals surface area contributed by atoms with Gasteiger partial charge in [-0.05, 0) is 50.1 Å². The van der Waals surface area contributed by atoms with Crippen molar-refractivity contribution >= 4 is 52.5 Å². The second-order valence-corrected chi connectivity index (χ2v) is 9.90. The third-order valence-corrected chi connectivity index (χ3v) is 6.63. The normalized spacial score (nSPS) is 12.0. The van der Waals surface area contributed by atoms with Crippen LogP contribution in [-0.4, -0.2) is 32.3 Å². The van der Waals surface area contributed by atoms with Gasteiger partial charge >= 0.3 is 0 Å². The first kappa shape index (κ1) is 26.1. The molecule has 10 heteroatoms. The number of rotatable bonds is 9. The van der Waals surface area contributed by atoms with Crippen LogP contribution < -0.4 is 10.6 Å². The molecule has 0 aliphatic heterocycles. The molecule has 0 spiro atoms. The lowest BCUT2D eigenvalue weighted by Gasteiger charge is -2.22. The van der Waals surface area contributed by atoms with E-state index in [1.807, 2.05) is 50.5 Å². The molecule has 0 fully saturated rings. The Morgan fingerprint density at radius 3 is 2.53 bits per heavy atom. The quantitative estimate of drug-likeness (QED) is 0.350. The predicted octanol–water partition coefficient (Wildman–Crippen LogP) is 5.77. The molecule has 0 radical (unpaired) electrons. The minimum absolute atomic E-state index is 0.0801. The van der Waals surface area contributed by atoms with Crippen molar-refractivity contribution < 1.29 is 9.59 Å². The highest BCUT2D eigenvalue weighted by molar-refractivity contribution is 7.99. The Balaban J connectivity index is 1.72. The topological polar surface area (TPSA) is 88.9 Å². The number of anilines is 1. The Morgan fingerprint density at radius 2 is 1.88 bits per heavy atom. The first-order valence-corrected chi connectivity index (χ1v) is 12.6. The molecule has 0 saturated carbocycles. The number of thioether (sulfide) groups is 1. The fourth-order valence-corrected chi connectivity index (χ4v) is 4.65. The summed E-state index contributed by atoms with van der Waals surface area (Å²) in [5, 5.41) is 16.0. The molecule has 2 N–H and O–H groups in total. The van der Waals surface area contributed by atoms with Crippen LogP contribution in [0.2, 0.25) is 10.0 Å². The summed E-state index contributed by atoms with van der Waals surface area (Å²) >= 11 is 13.3. The zero-order valence-corrected chi connectivity index (χ0v) is 21.8. The van der Waals surface area contributed by atoms with Crippen LogP contribution in [0.15, 0.2) is 47.6 Å². The number of halogens is 2. The summed E-state index contributed by atoms with van der Waals surface area (Å²) in [4.78, 5) is 25.3. The van der Waals surface area contributed by atoms with E-state index in [0.29, 0.717) is 38.8 Å². The van der Waals surface area contributed by atoms with Crippen LogP contribution in [0.25, 0.3) is 0 Å². The van der Waals surface area contributed by atoms with Gasteiger partial charge in [0, 0.05) is 17.1 Å². The first-order chi connectivity index (χ1) is 16.2. The van der Waals surface area contributed by atoms with Crippen LogP contribution in [0.4, 0.5) is 5.69 Å². The van der Waals surface area contributed by atoms with Gasteiger partial charge < -0.3 is 15.2 Å². The van der Waals surface area contributed by atoms with E-state index in [2.05, 4.69) is 20.8 Å². The van der Waals surface area contributed by atoms with Gasteiger partial charge in [-0.15, -0.1) is 10.2 Å². The largest absolute Gasteiger partial charge is 0.342 e. The van der Waals surface area contributed by atoms with Crippen LogP contribution in [0, 0.1) is 12.8 Å². The Morgan fingerprint density at radius 1 is 1.12 bits per heavy atom. The second kappa shape index (κ2) is 11.7.